The second-order valence-electron chi connectivity index (χ2n) is 3.83. The number of aliphatic hydroxyl groups excluding tert-OH is 1. The Kier molecular flexibility index (Phi) is 2.33. The summed E-state index contributed by atoms with van der Waals surface area (Å²) in [6.45, 7) is 3.96. The van der Waals surface area contributed by atoms with E-state index in [1.807, 2.05) is 0 Å². The zero-order valence-corrected chi connectivity index (χ0v) is 7.26. The van der Waals surface area contributed by atoms with Gasteiger partial charge >= 0.3 is 0 Å². The number of hydrogen-bond donors (Lipinski definition) is 1. The molecule has 0 spiro atoms. The number of ketones is 1. The Morgan fingerprint density at radius 1 is 1.73 bits per heavy atom. The van der Waals surface area contributed by atoms with Gasteiger partial charge in [0.15, 0.2) is 0 Å². The minimum atomic E-state index is 0.112. The van der Waals surface area contributed by atoms with Gasteiger partial charge in [-0.2, -0.15) is 0 Å². The smallest absolute Gasteiger partial charge is 0.133 e. The van der Waals surface area contributed by atoms with Crippen LogP contribution < -0.4 is 0 Å². The van der Waals surface area contributed by atoms with E-state index in [0.29, 0.717) is 0 Å². The predicted molar refractivity (Wildman–Crippen MR) is 43.2 cm³/mol. The summed E-state index contributed by atoms with van der Waals surface area (Å²) in [7, 11) is 0. The number of hydrogen-bond acceptors (Lipinski definition) is 2. The zero-order valence-electron chi connectivity index (χ0n) is 7.26. The third kappa shape index (κ3) is 1.45. The molecule has 2 nitrogen and oxygen atoms in total. The van der Waals surface area contributed by atoms with Gasteiger partial charge in [0.1, 0.15) is 5.78 Å². The molecular weight excluding hydrogens is 140 g/mol. The monoisotopic (exact) mass is 156 g/mol. The summed E-state index contributed by atoms with van der Waals surface area (Å²) in [5.74, 6) is 0.502. The average molecular weight is 156 g/mol. The Hall–Kier alpha value is -0.370. The number of carbonyl (C=O) groups is 1. The number of aliphatic hydroxyl groups is 1. The molecule has 0 radical (unpaired) electrons. The Bertz CT molecular complexity index is 165. The Morgan fingerprint density at radius 2 is 2.36 bits per heavy atom. The zero-order chi connectivity index (χ0) is 8.48. The van der Waals surface area contributed by atoms with Gasteiger partial charge in [-0.25, -0.2) is 0 Å². The molecule has 2 heteroatoms. The van der Waals surface area contributed by atoms with Crippen molar-refractivity contribution in [3.63, 3.8) is 0 Å². The first kappa shape index (κ1) is 8.72. The number of Topliss-reactive ketones (excluding diaryl/α,β-unsaturated/α-hetero) is 1. The molecule has 0 aromatic rings. The Labute approximate surface area is 67.6 Å². The summed E-state index contributed by atoms with van der Waals surface area (Å²) in [5, 5.41) is 8.76. The first-order chi connectivity index (χ1) is 5.10. The molecule has 0 heterocycles. The van der Waals surface area contributed by atoms with E-state index < -0.39 is 0 Å². The maximum atomic E-state index is 11.0. The summed E-state index contributed by atoms with van der Waals surface area (Å²) in [6.07, 6.45) is 2.89. The van der Waals surface area contributed by atoms with E-state index >= 15 is 0 Å². The van der Waals surface area contributed by atoms with Crippen LogP contribution in [0, 0.1) is 11.3 Å². The van der Waals surface area contributed by atoms with Crippen molar-refractivity contribution in [1.29, 1.82) is 0 Å². The fourth-order valence-electron chi connectivity index (χ4n) is 2.03. The highest BCUT2D eigenvalue weighted by molar-refractivity contribution is 5.80. The Morgan fingerprint density at radius 3 is 2.64 bits per heavy atom. The molecule has 0 aromatic carbocycles. The molecule has 1 saturated carbocycles. The molecule has 1 fully saturated rings. The lowest BCUT2D eigenvalue weighted by atomic mass is 9.58. The van der Waals surface area contributed by atoms with Crippen LogP contribution in [0.4, 0.5) is 0 Å². The van der Waals surface area contributed by atoms with E-state index in [2.05, 4.69) is 6.92 Å². The highest BCUT2D eigenvalue weighted by Crippen LogP contribution is 2.49. The maximum Gasteiger partial charge on any atom is 0.133 e. The van der Waals surface area contributed by atoms with E-state index in [0.717, 1.165) is 19.3 Å². The third-order valence-corrected chi connectivity index (χ3v) is 3.02. The second-order valence-corrected chi connectivity index (χ2v) is 3.83. The summed E-state index contributed by atoms with van der Waals surface area (Å²) >= 11 is 0. The van der Waals surface area contributed by atoms with Gasteiger partial charge in [-0.05, 0) is 31.6 Å². The molecule has 1 rings (SSSR count). The van der Waals surface area contributed by atoms with Crippen molar-refractivity contribution in [2.45, 2.75) is 33.1 Å². The van der Waals surface area contributed by atoms with Crippen molar-refractivity contribution in [3.05, 3.63) is 0 Å². The van der Waals surface area contributed by atoms with Gasteiger partial charge in [-0.1, -0.05) is 6.92 Å². The van der Waals surface area contributed by atoms with Crippen LogP contribution in [0.2, 0.25) is 0 Å². The molecule has 64 valence electrons. The van der Waals surface area contributed by atoms with Gasteiger partial charge in [-0.3, -0.25) is 4.79 Å². The molecule has 0 aromatic heterocycles. The number of rotatable bonds is 3. The van der Waals surface area contributed by atoms with Gasteiger partial charge in [0.25, 0.3) is 0 Å². The van der Waals surface area contributed by atoms with Crippen LogP contribution in [-0.2, 0) is 4.79 Å². The molecule has 0 amide bonds. The lowest BCUT2D eigenvalue weighted by molar-refractivity contribution is -0.131. The molecule has 2 atom stereocenters. The summed E-state index contributed by atoms with van der Waals surface area (Å²) in [6, 6.07) is 0. The fourth-order valence-corrected chi connectivity index (χ4v) is 2.03. The normalized spacial score (nSPS) is 36.5. The van der Waals surface area contributed by atoms with Gasteiger partial charge in [0.05, 0.1) is 0 Å². The van der Waals surface area contributed by atoms with Crippen LogP contribution >= 0.6 is 0 Å². The second kappa shape index (κ2) is 2.94. The molecule has 1 aliphatic carbocycles. The van der Waals surface area contributed by atoms with Crippen molar-refractivity contribution in [3.8, 4) is 0 Å². The largest absolute Gasteiger partial charge is 0.396 e. The van der Waals surface area contributed by atoms with E-state index in [4.69, 9.17) is 5.11 Å². The Balaban J connectivity index is 2.52. The van der Waals surface area contributed by atoms with Crippen LogP contribution in [0.5, 0.6) is 0 Å². The van der Waals surface area contributed by atoms with E-state index in [1.54, 1.807) is 6.92 Å². The van der Waals surface area contributed by atoms with E-state index in [1.165, 1.54) is 0 Å². The van der Waals surface area contributed by atoms with Gasteiger partial charge < -0.3 is 5.11 Å². The van der Waals surface area contributed by atoms with Crippen molar-refractivity contribution < 1.29 is 9.90 Å². The van der Waals surface area contributed by atoms with Crippen LogP contribution in [0.3, 0.4) is 0 Å². The van der Waals surface area contributed by atoms with Crippen molar-refractivity contribution in [1.82, 2.24) is 0 Å². The minimum Gasteiger partial charge on any atom is -0.396 e. The minimum absolute atomic E-state index is 0.112. The van der Waals surface area contributed by atoms with E-state index in [9.17, 15) is 4.79 Å². The molecule has 2 unspecified atom stereocenters. The first-order valence-electron chi connectivity index (χ1n) is 4.21. The lowest BCUT2D eigenvalue weighted by Crippen LogP contribution is -2.42. The van der Waals surface area contributed by atoms with Crippen LogP contribution in [0.1, 0.15) is 33.1 Å². The fraction of sp³-hybridized carbons (Fsp3) is 0.889. The van der Waals surface area contributed by atoms with Crippen LogP contribution in [0.25, 0.3) is 0 Å². The highest BCUT2D eigenvalue weighted by Gasteiger charge is 2.44. The highest BCUT2D eigenvalue weighted by atomic mass is 16.3. The maximum absolute atomic E-state index is 11.0. The lowest BCUT2D eigenvalue weighted by Gasteiger charge is -2.45. The number of carbonyl (C=O) groups excluding carboxylic acids is 1. The SMILES string of the molecule is CC(=O)C1CCC1(C)CCO. The standard InChI is InChI=1S/C9H16O2/c1-7(11)8-3-4-9(8,2)5-6-10/h8,10H,3-6H2,1-2H3. The average Bonchev–Trinajstić information content (AvgIpc) is 1.85. The first-order valence-corrected chi connectivity index (χ1v) is 4.21. The van der Waals surface area contributed by atoms with Gasteiger partial charge in [0, 0.05) is 12.5 Å². The van der Waals surface area contributed by atoms with Crippen LogP contribution in [0.15, 0.2) is 0 Å². The molecule has 0 bridgehead atoms. The van der Waals surface area contributed by atoms with E-state index in [-0.39, 0.29) is 23.7 Å². The van der Waals surface area contributed by atoms with Crippen molar-refractivity contribution in [2.75, 3.05) is 6.61 Å². The molecule has 1 N–H and O–H groups in total. The van der Waals surface area contributed by atoms with Crippen molar-refractivity contribution >= 4 is 5.78 Å². The van der Waals surface area contributed by atoms with Gasteiger partial charge in [-0.15, -0.1) is 0 Å². The third-order valence-electron chi connectivity index (χ3n) is 3.02. The molecule has 1 aliphatic rings. The van der Waals surface area contributed by atoms with Crippen molar-refractivity contribution in [2.24, 2.45) is 11.3 Å². The molecular formula is C9H16O2. The molecule has 11 heavy (non-hydrogen) atoms. The van der Waals surface area contributed by atoms with Crippen LogP contribution in [-0.4, -0.2) is 17.5 Å². The van der Waals surface area contributed by atoms with Gasteiger partial charge in [0.2, 0.25) is 0 Å². The topological polar surface area (TPSA) is 37.3 Å². The predicted octanol–water partition coefficient (Wildman–Crippen LogP) is 1.37. The summed E-state index contributed by atoms with van der Waals surface area (Å²) in [4.78, 5) is 11.0. The molecule has 0 aliphatic heterocycles. The molecule has 0 saturated heterocycles. The summed E-state index contributed by atoms with van der Waals surface area (Å²) in [5.41, 5.74) is 0.112. The quantitative estimate of drug-likeness (QED) is 0.670. The summed E-state index contributed by atoms with van der Waals surface area (Å²) < 4.78 is 0.